The summed E-state index contributed by atoms with van der Waals surface area (Å²) in [5, 5.41) is 8.13. The highest BCUT2D eigenvalue weighted by atomic mass is 15.3. The van der Waals surface area contributed by atoms with Crippen molar-refractivity contribution >= 4 is 5.69 Å². The molecule has 0 saturated carbocycles. The van der Waals surface area contributed by atoms with Gasteiger partial charge >= 0.3 is 0 Å². The van der Waals surface area contributed by atoms with Gasteiger partial charge in [-0.25, -0.2) is 0 Å². The van der Waals surface area contributed by atoms with E-state index in [1.165, 1.54) is 11.3 Å². The maximum atomic E-state index is 4.47. The monoisotopic (exact) mass is 284 g/mol. The zero-order valence-electron chi connectivity index (χ0n) is 12.9. The lowest BCUT2D eigenvalue weighted by Gasteiger charge is -2.25. The van der Waals surface area contributed by atoms with Gasteiger partial charge in [-0.2, -0.15) is 5.10 Å². The van der Waals surface area contributed by atoms with Crippen molar-refractivity contribution in [2.24, 2.45) is 0 Å². The molecular weight excluding hydrogens is 260 g/mol. The third kappa shape index (κ3) is 3.27. The van der Waals surface area contributed by atoms with Crippen molar-refractivity contribution in [3.63, 3.8) is 0 Å². The molecule has 21 heavy (non-hydrogen) atoms. The summed E-state index contributed by atoms with van der Waals surface area (Å²) in [7, 11) is 0. The molecule has 1 fully saturated rings. The predicted molar refractivity (Wildman–Crippen MR) is 86.6 cm³/mol. The van der Waals surface area contributed by atoms with Crippen LogP contribution in [0.1, 0.15) is 37.9 Å². The van der Waals surface area contributed by atoms with Crippen LogP contribution in [0.15, 0.2) is 42.7 Å². The second kappa shape index (κ2) is 6.31. The van der Waals surface area contributed by atoms with Crippen molar-refractivity contribution < 1.29 is 0 Å². The minimum Gasteiger partial charge on any atom is -0.367 e. The highest BCUT2D eigenvalue weighted by Gasteiger charge is 2.20. The van der Waals surface area contributed by atoms with Crippen LogP contribution >= 0.6 is 0 Å². The van der Waals surface area contributed by atoms with Crippen LogP contribution in [0.5, 0.6) is 0 Å². The van der Waals surface area contributed by atoms with Crippen LogP contribution in [-0.4, -0.2) is 29.4 Å². The van der Waals surface area contributed by atoms with E-state index in [1.807, 2.05) is 10.9 Å². The van der Waals surface area contributed by atoms with E-state index < -0.39 is 0 Å². The molecule has 1 unspecified atom stereocenters. The van der Waals surface area contributed by atoms with Crippen molar-refractivity contribution in [2.45, 2.75) is 32.4 Å². The van der Waals surface area contributed by atoms with E-state index in [9.17, 15) is 0 Å². The first-order valence-electron chi connectivity index (χ1n) is 7.81. The molecule has 0 bridgehead atoms. The molecule has 1 N–H and O–H groups in total. The zero-order chi connectivity index (χ0) is 14.7. The summed E-state index contributed by atoms with van der Waals surface area (Å²) < 4.78 is 2.03. The summed E-state index contributed by atoms with van der Waals surface area (Å²) in [5.41, 5.74) is 2.59. The van der Waals surface area contributed by atoms with E-state index in [2.05, 4.69) is 65.7 Å². The van der Waals surface area contributed by atoms with Crippen molar-refractivity contribution in [1.82, 2.24) is 15.1 Å². The average molecular weight is 284 g/mol. The molecule has 1 saturated heterocycles. The predicted octanol–water partition coefficient (Wildman–Crippen LogP) is 3.01. The van der Waals surface area contributed by atoms with Crippen LogP contribution in [-0.2, 0) is 0 Å². The SMILES string of the molecule is CC(C)n1cc(N2CCCNC(c3ccccc3)C2)cn1. The smallest absolute Gasteiger partial charge is 0.0753 e. The summed E-state index contributed by atoms with van der Waals surface area (Å²) >= 11 is 0. The number of nitrogens with one attached hydrogen (secondary N) is 1. The Labute approximate surface area is 126 Å². The fourth-order valence-electron chi connectivity index (χ4n) is 2.84. The van der Waals surface area contributed by atoms with Crippen molar-refractivity contribution in [2.75, 3.05) is 24.5 Å². The number of hydrogen-bond donors (Lipinski definition) is 1. The zero-order valence-corrected chi connectivity index (χ0v) is 12.9. The first-order valence-corrected chi connectivity index (χ1v) is 7.81. The molecule has 2 heterocycles. The number of rotatable bonds is 3. The lowest BCUT2D eigenvalue weighted by molar-refractivity contribution is 0.532. The molecule has 4 nitrogen and oxygen atoms in total. The van der Waals surface area contributed by atoms with E-state index in [4.69, 9.17) is 0 Å². The van der Waals surface area contributed by atoms with Crippen molar-refractivity contribution in [3.05, 3.63) is 48.3 Å². The van der Waals surface area contributed by atoms with Crippen molar-refractivity contribution in [1.29, 1.82) is 0 Å². The van der Waals surface area contributed by atoms with Gasteiger partial charge in [0.05, 0.1) is 11.9 Å². The molecule has 112 valence electrons. The molecule has 2 aromatic rings. The molecule has 0 spiro atoms. The van der Waals surface area contributed by atoms with E-state index >= 15 is 0 Å². The molecule has 1 aromatic carbocycles. The highest BCUT2D eigenvalue weighted by molar-refractivity contribution is 5.43. The Morgan fingerprint density at radius 3 is 2.76 bits per heavy atom. The maximum Gasteiger partial charge on any atom is 0.0753 e. The van der Waals surface area contributed by atoms with Crippen LogP contribution in [0, 0.1) is 0 Å². The van der Waals surface area contributed by atoms with Gasteiger partial charge in [-0.1, -0.05) is 30.3 Å². The number of anilines is 1. The van der Waals surface area contributed by atoms with Crippen LogP contribution in [0.3, 0.4) is 0 Å². The van der Waals surface area contributed by atoms with Crippen LogP contribution in [0.2, 0.25) is 0 Å². The largest absolute Gasteiger partial charge is 0.367 e. The molecular formula is C17H24N4. The van der Waals surface area contributed by atoms with Gasteiger partial charge in [0.1, 0.15) is 0 Å². The Morgan fingerprint density at radius 2 is 2.05 bits per heavy atom. The lowest BCUT2D eigenvalue weighted by Crippen LogP contribution is -2.31. The molecule has 0 aliphatic carbocycles. The van der Waals surface area contributed by atoms with Crippen LogP contribution < -0.4 is 10.2 Å². The second-order valence-corrected chi connectivity index (χ2v) is 5.99. The standard InChI is InChI=1S/C17H24N4/c1-14(2)21-12-16(11-19-21)20-10-6-9-18-17(13-20)15-7-4-3-5-8-15/h3-5,7-8,11-12,14,17-18H,6,9-10,13H2,1-2H3. The molecule has 0 amide bonds. The summed E-state index contributed by atoms with van der Waals surface area (Å²) in [5.74, 6) is 0. The summed E-state index contributed by atoms with van der Waals surface area (Å²) in [6.45, 7) is 7.46. The minimum absolute atomic E-state index is 0.385. The maximum absolute atomic E-state index is 4.47. The number of nitrogens with zero attached hydrogens (tertiary/aromatic N) is 3. The van der Waals surface area contributed by atoms with E-state index in [0.29, 0.717) is 12.1 Å². The van der Waals surface area contributed by atoms with Gasteiger partial charge < -0.3 is 10.2 Å². The van der Waals surface area contributed by atoms with Gasteiger partial charge in [0.15, 0.2) is 0 Å². The normalized spacial score (nSPS) is 19.8. The fraction of sp³-hybridized carbons (Fsp3) is 0.471. The summed E-state index contributed by atoms with van der Waals surface area (Å²) in [6, 6.07) is 11.5. The third-order valence-electron chi connectivity index (χ3n) is 4.08. The quantitative estimate of drug-likeness (QED) is 0.940. The summed E-state index contributed by atoms with van der Waals surface area (Å²) in [4.78, 5) is 2.45. The lowest BCUT2D eigenvalue weighted by atomic mass is 10.1. The topological polar surface area (TPSA) is 33.1 Å². The number of hydrogen-bond acceptors (Lipinski definition) is 3. The first-order chi connectivity index (χ1) is 10.2. The minimum atomic E-state index is 0.385. The summed E-state index contributed by atoms with van der Waals surface area (Å²) in [6.07, 6.45) is 5.32. The van der Waals surface area contributed by atoms with Crippen LogP contribution in [0.4, 0.5) is 5.69 Å². The van der Waals surface area contributed by atoms with Crippen LogP contribution in [0.25, 0.3) is 0 Å². The third-order valence-corrected chi connectivity index (χ3v) is 4.08. The van der Waals surface area contributed by atoms with Gasteiger partial charge in [0.25, 0.3) is 0 Å². The Bertz CT molecular complexity index is 561. The Kier molecular flexibility index (Phi) is 4.25. The average Bonchev–Trinajstić information content (AvgIpc) is 2.87. The molecule has 0 radical (unpaired) electrons. The second-order valence-electron chi connectivity index (χ2n) is 5.99. The van der Waals surface area contributed by atoms with E-state index in [1.54, 1.807) is 0 Å². The molecule has 3 rings (SSSR count). The number of benzene rings is 1. The molecule has 4 heteroatoms. The molecule has 1 aliphatic rings. The van der Waals surface area contributed by atoms with E-state index in [-0.39, 0.29) is 0 Å². The number of aromatic nitrogens is 2. The van der Waals surface area contributed by atoms with E-state index in [0.717, 1.165) is 26.1 Å². The molecule has 1 aliphatic heterocycles. The Hall–Kier alpha value is -1.81. The van der Waals surface area contributed by atoms with Gasteiger partial charge in [0, 0.05) is 31.4 Å². The Morgan fingerprint density at radius 1 is 1.24 bits per heavy atom. The van der Waals surface area contributed by atoms with Gasteiger partial charge in [-0.05, 0) is 32.4 Å². The van der Waals surface area contributed by atoms with Gasteiger partial charge in [0.2, 0.25) is 0 Å². The molecule has 1 aromatic heterocycles. The first kappa shape index (κ1) is 14.1. The molecule has 1 atom stereocenters. The fourth-order valence-corrected chi connectivity index (χ4v) is 2.84. The van der Waals surface area contributed by atoms with Gasteiger partial charge in [-0.3, -0.25) is 4.68 Å². The highest BCUT2D eigenvalue weighted by Crippen LogP contribution is 2.22. The van der Waals surface area contributed by atoms with Crippen molar-refractivity contribution in [3.8, 4) is 0 Å². The Balaban J connectivity index is 1.78. The van der Waals surface area contributed by atoms with Gasteiger partial charge in [-0.15, -0.1) is 0 Å².